The smallest absolute Gasteiger partial charge is 0.0468 e. The molecular formula is C14H19Cl2N. The molecule has 0 heterocycles. The topological polar surface area (TPSA) is 12.0 Å². The van der Waals surface area contributed by atoms with Crippen LogP contribution in [0.5, 0.6) is 0 Å². The molecule has 0 saturated heterocycles. The summed E-state index contributed by atoms with van der Waals surface area (Å²) in [7, 11) is 0. The van der Waals surface area contributed by atoms with E-state index in [1.807, 2.05) is 18.2 Å². The fourth-order valence-corrected chi connectivity index (χ4v) is 2.91. The molecule has 2 rings (SSSR count). The molecule has 17 heavy (non-hydrogen) atoms. The quantitative estimate of drug-likeness (QED) is 0.809. The lowest BCUT2D eigenvalue weighted by molar-refractivity contribution is 0.495. The minimum Gasteiger partial charge on any atom is -0.307 e. The van der Waals surface area contributed by atoms with Gasteiger partial charge < -0.3 is 5.32 Å². The molecule has 1 aliphatic rings. The van der Waals surface area contributed by atoms with Crippen LogP contribution in [0.2, 0.25) is 10.0 Å². The fraction of sp³-hybridized carbons (Fsp3) is 0.571. The summed E-state index contributed by atoms with van der Waals surface area (Å²) in [5.41, 5.74) is 1.17. The van der Waals surface area contributed by atoms with Gasteiger partial charge in [0.1, 0.15) is 0 Å². The molecule has 0 aromatic heterocycles. The van der Waals surface area contributed by atoms with E-state index in [-0.39, 0.29) is 0 Å². The summed E-state index contributed by atoms with van der Waals surface area (Å²) in [5, 5.41) is 5.16. The van der Waals surface area contributed by atoms with E-state index >= 15 is 0 Å². The van der Waals surface area contributed by atoms with Crippen LogP contribution in [0.4, 0.5) is 0 Å². The SMILES string of the molecule is CCC(NC1CC1CC)c1ccc(Cl)cc1Cl. The number of nitrogens with one attached hydrogen (secondary N) is 1. The molecule has 1 fully saturated rings. The number of rotatable bonds is 5. The molecule has 0 aliphatic heterocycles. The van der Waals surface area contributed by atoms with Crippen molar-refractivity contribution in [1.82, 2.24) is 5.32 Å². The van der Waals surface area contributed by atoms with Crippen molar-refractivity contribution < 1.29 is 0 Å². The number of halogens is 2. The fourth-order valence-electron chi connectivity index (χ4n) is 2.37. The number of hydrogen-bond acceptors (Lipinski definition) is 1. The minimum atomic E-state index is 0.348. The predicted molar refractivity (Wildman–Crippen MR) is 74.8 cm³/mol. The molecule has 94 valence electrons. The summed E-state index contributed by atoms with van der Waals surface area (Å²) in [5.74, 6) is 0.857. The van der Waals surface area contributed by atoms with Crippen LogP contribution in [0.1, 0.15) is 44.7 Å². The summed E-state index contributed by atoms with van der Waals surface area (Å²) in [4.78, 5) is 0. The van der Waals surface area contributed by atoms with Crippen molar-refractivity contribution in [2.75, 3.05) is 0 Å². The summed E-state index contributed by atoms with van der Waals surface area (Å²) in [6.45, 7) is 4.44. The maximum Gasteiger partial charge on any atom is 0.0468 e. The zero-order valence-corrected chi connectivity index (χ0v) is 11.9. The van der Waals surface area contributed by atoms with E-state index in [1.54, 1.807) is 0 Å². The van der Waals surface area contributed by atoms with Gasteiger partial charge in [0, 0.05) is 22.1 Å². The lowest BCUT2D eigenvalue weighted by Gasteiger charge is -2.19. The van der Waals surface area contributed by atoms with Gasteiger partial charge in [-0.05, 0) is 36.5 Å². The third kappa shape index (κ3) is 3.15. The maximum atomic E-state index is 6.25. The molecule has 0 radical (unpaired) electrons. The largest absolute Gasteiger partial charge is 0.307 e. The van der Waals surface area contributed by atoms with Crippen LogP contribution in [-0.2, 0) is 0 Å². The summed E-state index contributed by atoms with van der Waals surface area (Å²) in [6, 6.07) is 6.80. The average Bonchev–Trinajstić information content (AvgIpc) is 3.05. The van der Waals surface area contributed by atoms with E-state index in [9.17, 15) is 0 Å². The van der Waals surface area contributed by atoms with Gasteiger partial charge in [-0.25, -0.2) is 0 Å². The summed E-state index contributed by atoms with van der Waals surface area (Å²) in [6.07, 6.45) is 3.62. The normalized spacial score (nSPS) is 24.7. The first-order chi connectivity index (χ1) is 8.15. The van der Waals surface area contributed by atoms with Crippen molar-refractivity contribution in [2.45, 2.75) is 45.2 Å². The predicted octanol–water partition coefficient (Wildman–Crippen LogP) is 4.83. The standard InChI is InChI=1S/C14H19Cl2N/c1-3-9-7-14(9)17-13(4-2)11-6-5-10(15)8-12(11)16/h5-6,8-9,13-14,17H,3-4,7H2,1-2H3. The second-order valence-electron chi connectivity index (χ2n) is 4.80. The van der Waals surface area contributed by atoms with Gasteiger partial charge >= 0.3 is 0 Å². The Labute approximate surface area is 114 Å². The van der Waals surface area contributed by atoms with Gasteiger partial charge in [0.15, 0.2) is 0 Å². The van der Waals surface area contributed by atoms with Crippen molar-refractivity contribution in [2.24, 2.45) is 5.92 Å². The van der Waals surface area contributed by atoms with Crippen molar-refractivity contribution in [1.29, 1.82) is 0 Å². The van der Waals surface area contributed by atoms with Crippen LogP contribution >= 0.6 is 23.2 Å². The van der Waals surface area contributed by atoms with Gasteiger partial charge in [-0.2, -0.15) is 0 Å². The Morgan fingerprint density at radius 1 is 1.35 bits per heavy atom. The van der Waals surface area contributed by atoms with Crippen molar-refractivity contribution in [3.63, 3.8) is 0 Å². The van der Waals surface area contributed by atoms with E-state index in [2.05, 4.69) is 19.2 Å². The second-order valence-corrected chi connectivity index (χ2v) is 5.65. The van der Waals surface area contributed by atoms with Gasteiger partial charge in [-0.15, -0.1) is 0 Å². The maximum absolute atomic E-state index is 6.25. The third-order valence-corrected chi connectivity index (χ3v) is 4.17. The van der Waals surface area contributed by atoms with E-state index < -0.39 is 0 Å². The number of benzene rings is 1. The van der Waals surface area contributed by atoms with Gasteiger partial charge in [0.25, 0.3) is 0 Å². The van der Waals surface area contributed by atoms with E-state index in [4.69, 9.17) is 23.2 Å². The zero-order chi connectivity index (χ0) is 12.4. The average molecular weight is 272 g/mol. The lowest BCUT2D eigenvalue weighted by Crippen LogP contribution is -2.24. The van der Waals surface area contributed by atoms with Crippen molar-refractivity contribution in [3.05, 3.63) is 33.8 Å². The molecular weight excluding hydrogens is 253 g/mol. The van der Waals surface area contributed by atoms with Gasteiger partial charge in [0.05, 0.1) is 0 Å². The highest BCUT2D eigenvalue weighted by Gasteiger charge is 2.36. The zero-order valence-electron chi connectivity index (χ0n) is 10.3. The molecule has 1 saturated carbocycles. The Balaban J connectivity index is 2.07. The lowest BCUT2D eigenvalue weighted by atomic mass is 10.0. The van der Waals surface area contributed by atoms with Crippen LogP contribution in [0.3, 0.4) is 0 Å². The van der Waals surface area contributed by atoms with Gasteiger partial charge in [0.2, 0.25) is 0 Å². The Bertz CT molecular complexity index is 392. The van der Waals surface area contributed by atoms with Crippen molar-refractivity contribution >= 4 is 23.2 Å². The highest BCUT2D eigenvalue weighted by molar-refractivity contribution is 6.35. The molecule has 1 aromatic carbocycles. The Hall–Kier alpha value is -0.240. The monoisotopic (exact) mass is 271 g/mol. The van der Waals surface area contributed by atoms with Crippen LogP contribution in [0, 0.1) is 5.92 Å². The van der Waals surface area contributed by atoms with Crippen LogP contribution in [0.25, 0.3) is 0 Å². The summed E-state index contributed by atoms with van der Waals surface area (Å²) >= 11 is 12.2. The van der Waals surface area contributed by atoms with E-state index in [0.717, 1.165) is 17.4 Å². The van der Waals surface area contributed by atoms with Gasteiger partial charge in [-0.1, -0.05) is 49.5 Å². The van der Waals surface area contributed by atoms with Crippen LogP contribution in [-0.4, -0.2) is 6.04 Å². The highest BCUT2D eigenvalue weighted by Crippen LogP contribution is 2.37. The molecule has 3 heteroatoms. The molecule has 0 amide bonds. The molecule has 1 N–H and O–H groups in total. The Kier molecular flexibility index (Phi) is 4.35. The molecule has 1 aliphatic carbocycles. The van der Waals surface area contributed by atoms with Crippen molar-refractivity contribution in [3.8, 4) is 0 Å². The molecule has 1 nitrogen and oxygen atoms in total. The van der Waals surface area contributed by atoms with E-state index in [1.165, 1.54) is 18.4 Å². The van der Waals surface area contributed by atoms with Crippen LogP contribution < -0.4 is 5.32 Å². The number of hydrogen-bond donors (Lipinski definition) is 1. The first-order valence-electron chi connectivity index (χ1n) is 6.36. The molecule has 1 aromatic rings. The van der Waals surface area contributed by atoms with E-state index in [0.29, 0.717) is 17.1 Å². The first kappa shape index (κ1) is 13.2. The Morgan fingerprint density at radius 3 is 2.65 bits per heavy atom. The second kappa shape index (κ2) is 5.60. The minimum absolute atomic E-state index is 0.348. The highest BCUT2D eigenvalue weighted by atomic mass is 35.5. The molecule has 0 spiro atoms. The summed E-state index contributed by atoms with van der Waals surface area (Å²) < 4.78 is 0. The molecule has 3 unspecified atom stereocenters. The third-order valence-electron chi connectivity index (χ3n) is 3.61. The van der Waals surface area contributed by atoms with Crippen LogP contribution in [0.15, 0.2) is 18.2 Å². The Morgan fingerprint density at radius 2 is 2.12 bits per heavy atom. The first-order valence-corrected chi connectivity index (χ1v) is 7.12. The molecule has 3 atom stereocenters. The van der Waals surface area contributed by atoms with Gasteiger partial charge in [-0.3, -0.25) is 0 Å². The molecule has 0 bridgehead atoms.